The summed E-state index contributed by atoms with van der Waals surface area (Å²) in [6, 6.07) is 13.1. The molecule has 11 heteroatoms. The highest BCUT2D eigenvalue weighted by atomic mass is 19.4. The van der Waals surface area contributed by atoms with Crippen LogP contribution in [0.5, 0.6) is 5.75 Å². The second-order valence-electron chi connectivity index (χ2n) is 9.37. The summed E-state index contributed by atoms with van der Waals surface area (Å²) in [6.07, 6.45) is -3.82. The van der Waals surface area contributed by atoms with Gasteiger partial charge >= 0.3 is 6.18 Å². The third kappa shape index (κ3) is 7.06. The van der Waals surface area contributed by atoms with Gasteiger partial charge in [0.1, 0.15) is 12.4 Å². The number of hydrogen-bond donors (Lipinski definition) is 4. The van der Waals surface area contributed by atoms with E-state index in [1.807, 2.05) is 47.4 Å². The van der Waals surface area contributed by atoms with Crippen molar-refractivity contribution >= 4 is 28.9 Å². The van der Waals surface area contributed by atoms with Gasteiger partial charge in [-0.25, -0.2) is 0 Å². The number of benzene rings is 2. The lowest BCUT2D eigenvalue weighted by atomic mass is 9.96. The van der Waals surface area contributed by atoms with E-state index in [9.17, 15) is 22.8 Å². The zero-order valence-corrected chi connectivity index (χ0v) is 20.4. The maximum Gasteiger partial charge on any atom is 0.391 e. The highest BCUT2D eigenvalue weighted by Gasteiger charge is 2.41. The monoisotopic (exact) mass is 519 g/mol. The summed E-state index contributed by atoms with van der Waals surface area (Å²) in [4.78, 5) is 25.4. The Bertz CT molecular complexity index is 1090. The van der Waals surface area contributed by atoms with Gasteiger partial charge < -0.3 is 31.3 Å². The Hall–Kier alpha value is -3.47. The lowest BCUT2D eigenvalue weighted by Crippen LogP contribution is -2.39. The molecule has 8 nitrogen and oxygen atoms in total. The van der Waals surface area contributed by atoms with Crippen LogP contribution >= 0.6 is 0 Å². The number of ether oxygens (including phenoxy) is 1. The van der Waals surface area contributed by atoms with Crippen molar-refractivity contribution < 1.29 is 27.5 Å². The average molecular weight is 520 g/mol. The molecule has 2 aliphatic rings. The molecule has 2 aliphatic heterocycles. The van der Waals surface area contributed by atoms with Gasteiger partial charge in [0.25, 0.3) is 0 Å². The molecular formula is C26H32F3N5O3. The minimum absolute atomic E-state index is 0.0578. The maximum atomic E-state index is 13.1. The standard InChI is InChI=1S/C26H32F3N5O3/c27-26(28,29)19-7-10-34(11-8-19)22-6-5-21(14-23(22)37-12-9-30)33-20-3-1-17(2-4-20)15-32-25(36)18-13-24(35)31-16-18/h1-6,14,18-19,33H,7-13,15-16,30H2,(H,31,35)(H,32,36). The minimum Gasteiger partial charge on any atom is -0.490 e. The van der Waals surface area contributed by atoms with Crippen LogP contribution in [0.3, 0.4) is 0 Å². The predicted molar refractivity (Wildman–Crippen MR) is 135 cm³/mol. The van der Waals surface area contributed by atoms with Gasteiger partial charge in [0.2, 0.25) is 11.8 Å². The molecule has 37 heavy (non-hydrogen) atoms. The van der Waals surface area contributed by atoms with E-state index in [4.69, 9.17) is 10.5 Å². The van der Waals surface area contributed by atoms with Crippen molar-refractivity contribution in [1.29, 1.82) is 0 Å². The van der Waals surface area contributed by atoms with Gasteiger partial charge in [0.05, 0.1) is 17.5 Å². The van der Waals surface area contributed by atoms with Crippen LogP contribution in [0.4, 0.5) is 30.2 Å². The number of amides is 2. The number of alkyl halides is 3. The van der Waals surface area contributed by atoms with Crippen LogP contribution in [0, 0.1) is 11.8 Å². The molecule has 2 amide bonds. The lowest BCUT2D eigenvalue weighted by molar-refractivity contribution is -0.179. The van der Waals surface area contributed by atoms with Crippen LogP contribution in [0.15, 0.2) is 42.5 Å². The Morgan fingerprint density at radius 2 is 1.81 bits per heavy atom. The van der Waals surface area contributed by atoms with Crippen molar-refractivity contribution in [3.8, 4) is 5.75 Å². The van der Waals surface area contributed by atoms with E-state index in [0.29, 0.717) is 45.1 Å². The van der Waals surface area contributed by atoms with E-state index in [-0.39, 0.29) is 37.0 Å². The topological polar surface area (TPSA) is 109 Å². The Kier molecular flexibility index (Phi) is 8.42. The largest absolute Gasteiger partial charge is 0.490 e. The molecule has 0 aliphatic carbocycles. The molecule has 0 aromatic heterocycles. The van der Waals surface area contributed by atoms with Crippen LogP contribution < -0.4 is 31.3 Å². The number of nitrogens with zero attached hydrogens (tertiary/aromatic N) is 1. The van der Waals surface area contributed by atoms with E-state index in [1.165, 1.54) is 0 Å². The molecule has 1 unspecified atom stereocenters. The summed E-state index contributed by atoms with van der Waals surface area (Å²) in [6.45, 7) is 1.96. The molecule has 2 aromatic carbocycles. The third-order valence-electron chi connectivity index (χ3n) is 6.69. The van der Waals surface area contributed by atoms with E-state index >= 15 is 0 Å². The lowest BCUT2D eigenvalue weighted by Gasteiger charge is -2.35. The summed E-state index contributed by atoms with van der Waals surface area (Å²) in [5.74, 6) is -1.28. The number of nitrogens with one attached hydrogen (secondary N) is 3. The van der Waals surface area contributed by atoms with Gasteiger partial charge in [0, 0.05) is 56.6 Å². The Balaban J connectivity index is 1.36. The normalized spacial score (nSPS) is 18.4. The first-order valence-corrected chi connectivity index (χ1v) is 12.4. The van der Waals surface area contributed by atoms with Crippen LogP contribution in [0.2, 0.25) is 0 Å². The molecule has 2 aromatic rings. The first kappa shape index (κ1) is 26.6. The quantitative estimate of drug-likeness (QED) is 0.405. The number of carbonyl (C=O) groups excluding carboxylic acids is 2. The fourth-order valence-electron chi connectivity index (χ4n) is 4.58. The summed E-state index contributed by atoms with van der Waals surface area (Å²) in [5, 5.41) is 8.83. The third-order valence-corrected chi connectivity index (χ3v) is 6.69. The number of halogens is 3. The van der Waals surface area contributed by atoms with Gasteiger partial charge in [-0.1, -0.05) is 12.1 Å². The van der Waals surface area contributed by atoms with Gasteiger partial charge in [0.15, 0.2) is 0 Å². The molecule has 2 fully saturated rings. The molecule has 0 radical (unpaired) electrons. The van der Waals surface area contributed by atoms with Gasteiger partial charge in [-0.15, -0.1) is 0 Å². The average Bonchev–Trinajstić information content (AvgIpc) is 3.33. The highest BCUT2D eigenvalue weighted by molar-refractivity contribution is 5.89. The molecular weight excluding hydrogens is 487 g/mol. The number of hydrogen-bond acceptors (Lipinski definition) is 6. The molecule has 2 heterocycles. The molecule has 0 saturated carbocycles. The second kappa shape index (κ2) is 11.7. The van der Waals surface area contributed by atoms with E-state index in [0.717, 1.165) is 22.6 Å². The number of rotatable bonds is 9. The van der Waals surface area contributed by atoms with E-state index in [2.05, 4.69) is 16.0 Å². The van der Waals surface area contributed by atoms with Crippen LogP contribution in [0.1, 0.15) is 24.8 Å². The maximum absolute atomic E-state index is 13.1. The van der Waals surface area contributed by atoms with Crippen molar-refractivity contribution in [1.82, 2.24) is 10.6 Å². The van der Waals surface area contributed by atoms with Crippen molar-refractivity contribution in [2.24, 2.45) is 17.6 Å². The second-order valence-corrected chi connectivity index (χ2v) is 9.37. The fraction of sp³-hybridized carbons (Fsp3) is 0.462. The van der Waals surface area contributed by atoms with Crippen molar-refractivity contribution in [3.63, 3.8) is 0 Å². The molecule has 1 atom stereocenters. The predicted octanol–water partition coefficient (Wildman–Crippen LogP) is 3.30. The Labute approximate surface area is 213 Å². The summed E-state index contributed by atoms with van der Waals surface area (Å²) >= 11 is 0. The highest BCUT2D eigenvalue weighted by Crippen LogP contribution is 2.39. The molecule has 5 N–H and O–H groups in total. The van der Waals surface area contributed by atoms with Crippen LogP contribution in [-0.2, 0) is 16.1 Å². The van der Waals surface area contributed by atoms with Gasteiger partial charge in [-0.2, -0.15) is 13.2 Å². The first-order valence-electron chi connectivity index (χ1n) is 12.4. The first-order chi connectivity index (χ1) is 17.7. The van der Waals surface area contributed by atoms with Crippen molar-refractivity contribution in [2.75, 3.05) is 43.0 Å². The Morgan fingerprint density at radius 3 is 2.43 bits per heavy atom. The fourth-order valence-corrected chi connectivity index (χ4v) is 4.58. The Morgan fingerprint density at radius 1 is 1.11 bits per heavy atom. The zero-order valence-electron chi connectivity index (χ0n) is 20.4. The van der Waals surface area contributed by atoms with Gasteiger partial charge in [-0.05, 0) is 42.7 Å². The van der Waals surface area contributed by atoms with Crippen molar-refractivity contribution in [2.45, 2.75) is 32.0 Å². The van der Waals surface area contributed by atoms with Crippen LogP contribution in [0.25, 0.3) is 0 Å². The number of carbonyl (C=O) groups is 2. The summed E-state index contributed by atoms with van der Waals surface area (Å²) < 4.78 is 45.0. The van der Waals surface area contributed by atoms with Crippen LogP contribution in [-0.4, -0.2) is 50.8 Å². The van der Waals surface area contributed by atoms with E-state index in [1.54, 1.807) is 0 Å². The van der Waals surface area contributed by atoms with Crippen molar-refractivity contribution in [3.05, 3.63) is 48.0 Å². The molecule has 0 bridgehead atoms. The zero-order chi connectivity index (χ0) is 26.4. The molecule has 2 saturated heterocycles. The number of nitrogens with two attached hydrogens (primary N) is 1. The smallest absolute Gasteiger partial charge is 0.391 e. The number of anilines is 3. The SMILES string of the molecule is NCCOc1cc(Nc2ccc(CNC(=O)C3CNC(=O)C3)cc2)ccc1N1CCC(C(F)(F)F)CC1. The minimum atomic E-state index is -4.16. The molecule has 0 spiro atoms. The van der Waals surface area contributed by atoms with Gasteiger partial charge in [-0.3, -0.25) is 9.59 Å². The molecule has 4 rings (SSSR count). The van der Waals surface area contributed by atoms with E-state index < -0.39 is 12.1 Å². The molecule has 200 valence electrons. The summed E-state index contributed by atoms with van der Waals surface area (Å²) in [5.41, 5.74) is 8.87. The summed E-state index contributed by atoms with van der Waals surface area (Å²) in [7, 11) is 0. The number of piperidine rings is 1.